The highest BCUT2D eigenvalue weighted by Gasteiger charge is 2.30. The van der Waals surface area contributed by atoms with Crippen molar-refractivity contribution in [1.29, 1.82) is 0 Å². The lowest BCUT2D eigenvalue weighted by atomic mass is 9.84. The number of nitrogens with one attached hydrogen (secondary N) is 2. The van der Waals surface area contributed by atoms with Crippen LogP contribution in [0.15, 0.2) is 0 Å². The molecule has 0 aromatic rings. The molecule has 3 aliphatic rings. The zero-order chi connectivity index (χ0) is 14.5. The van der Waals surface area contributed by atoms with Crippen LogP contribution >= 0.6 is 15.9 Å². The predicted molar refractivity (Wildman–Crippen MR) is 90.8 cm³/mol. The van der Waals surface area contributed by atoms with Crippen LogP contribution in [0.25, 0.3) is 0 Å². The van der Waals surface area contributed by atoms with E-state index in [0.717, 1.165) is 31.5 Å². The minimum atomic E-state index is 0.526. The van der Waals surface area contributed by atoms with Gasteiger partial charge < -0.3 is 15.4 Å². The molecule has 0 spiro atoms. The van der Waals surface area contributed by atoms with E-state index in [1.54, 1.807) is 0 Å². The van der Waals surface area contributed by atoms with Crippen LogP contribution in [0, 0.1) is 11.8 Å². The number of hydrogen-bond donors (Lipinski definition) is 2. The highest BCUT2D eigenvalue weighted by Crippen LogP contribution is 2.30. The van der Waals surface area contributed by atoms with Gasteiger partial charge in [-0.3, -0.25) is 0 Å². The molecule has 0 atom stereocenters. The fourth-order valence-corrected chi connectivity index (χ4v) is 4.58. The van der Waals surface area contributed by atoms with Crippen molar-refractivity contribution in [1.82, 2.24) is 10.6 Å². The molecule has 4 heteroatoms. The van der Waals surface area contributed by atoms with Crippen molar-refractivity contribution in [2.24, 2.45) is 11.8 Å². The van der Waals surface area contributed by atoms with E-state index in [0.29, 0.717) is 17.1 Å². The second kappa shape index (κ2) is 8.28. The summed E-state index contributed by atoms with van der Waals surface area (Å²) in [5.74, 6) is 1.65. The third kappa shape index (κ3) is 4.92. The van der Waals surface area contributed by atoms with Gasteiger partial charge in [0, 0.05) is 24.5 Å². The van der Waals surface area contributed by atoms with Gasteiger partial charge in [0.1, 0.15) is 0 Å². The van der Waals surface area contributed by atoms with Crippen molar-refractivity contribution in [3.05, 3.63) is 0 Å². The highest BCUT2D eigenvalue weighted by molar-refractivity contribution is 9.09. The van der Waals surface area contributed by atoms with Crippen molar-refractivity contribution in [2.75, 3.05) is 19.7 Å². The summed E-state index contributed by atoms with van der Waals surface area (Å²) in [5, 5.41) is 7.28. The third-order valence-corrected chi connectivity index (χ3v) is 6.25. The molecule has 0 aromatic heterocycles. The average molecular weight is 359 g/mol. The standard InChI is InChI=1S/C17H31BrN2O/c18-15-10-19-17(20-11-15)14-6-8-16(9-7-14)21-12-13-4-2-1-3-5-13/h13-17,19-20H,1-12H2. The van der Waals surface area contributed by atoms with E-state index in [1.807, 2.05) is 0 Å². The Balaban J connectivity index is 1.33. The summed E-state index contributed by atoms with van der Waals surface area (Å²) in [4.78, 5) is 0.587. The quantitative estimate of drug-likeness (QED) is 0.755. The maximum Gasteiger partial charge on any atom is 0.0601 e. The van der Waals surface area contributed by atoms with Crippen molar-refractivity contribution >= 4 is 15.9 Å². The van der Waals surface area contributed by atoms with Gasteiger partial charge in [-0.25, -0.2) is 0 Å². The van der Waals surface area contributed by atoms with E-state index in [-0.39, 0.29) is 0 Å². The van der Waals surface area contributed by atoms with Gasteiger partial charge in [0.15, 0.2) is 0 Å². The fraction of sp³-hybridized carbons (Fsp3) is 1.00. The van der Waals surface area contributed by atoms with Crippen molar-refractivity contribution < 1.29 is 4.74 Å². The smallest absolute Gasteiger partial charge is 0.0601 e. The van der Waals surface area contributed by atoms with Gasteiger partial charge in [-0.05, 0) is 50.4 Å². The number of halogens is 1. The van der Waals surface area contributed by atoms with E-state index in [1.165, 1.54) is 57.8 Å². The first-order chi connectivity index (χ1) is 10.3. The molecule has 122 valence electrons. The first-order valence-electron chi connectivity index (χ1n) is 9.03. The Hall–Kier alpha value is 0.360. The van der Waals surface area contributed by atoms with Crippen LogP contribution in [-0.4, -0.2) is 36.8 Å². The highest BCUT2D eigenvalue weighted by atomic mass is 79.9. The zero-order valence-corrected chi connectivity index (χ0v) is 14.7. The molecule has 21 heavy (non-hydrogen) atoms. The molecule has 3 nitrogen and oxygen atoms in total. The second-order valence-electron chi connectivity index (χ2n) is 7.27. The molecular weight excluding hydrogens is 328 g/mol. The van der Waals surface area contributed by atoms with Crippen molar-refractivity contribution in [3.8, 4) is 0 Å². The molecule has 3 rings (SSSR count). The molecule has 2 N–H and O–H groups in total. The minimum absolute atomic E-state index is 0.526. The lowest BCUT2D eigenvalue weighted by Gasteiger charge is -2.38. The van der Waals surface area contributed by atoms with Crippen LogP contribution < -0.4 is 10.6 Å². The van der Waals surface area contributed by atoms with Crippen LogP contribution in [0.2, 0.25) is 0 Å². The van der Waals surface area contributed by atoms with E-state index < -0.39 is 0 Å². The fourth-order valence-electron chi connectivity index (χ4n) is 4.20. The Kier molecular flexibility index (Phi) is 6.40. The van der Waals surface area contributed by atoms with Gasteiger partial charge in [0.05, 0.1) is 12.3 Å². The van der Waals surface area contributed by atoms with Crippen LogP contribution in [0.1, 0.15) is 57.8 Å². The van der Waals surface area contributed by atoms with Gasteiger partial charge in [0.2, 0.25) is 0 Å². The van der Waals surface area contributed by atoms with Crippen LogP contribution in [0.3, 0.4) is 0 Å². The normalized spacial score (nSPS) is 39.3. The Bertz CT molecular complexity index is 293. The molecule has 2 saturated carbocycles. The lowest BCUT2D eigenvalue weighted by molar-refractivity contribution is -0.0115. The maximum absolute atomic E-state index is 6.23. The summed E-state index contributed by atoms with van der Waals surface area (Å²) in [7, 11) is 0. The molecule has 2 aliphatic carbocycles. The first-order valence-corrected chi connectivity index (χ1v) is 9.95. The topological polar surface area (TPSA) is 33.3 Å². The third-order valence-electron chi connectivity index (χ3n) is 5.60. The summed E-state index contributed by atoms with van der Waals surface area (Å²) in [5.41, 5.74) is 0. The maximum atomic E-state index is 6.23. The minimum Gasteiger partial charge on any atom is -0.378 e. The summed E-state index contributed by atoms with van der Waals surface area (Å²) >= 11 is 3.66. The number of alkyl halides is 1. The van der Waals surface area contributed by atoms with Crippen LogP contribution in [0.5, 0.6) is 0 Å². The van der Waals surface area contributed by atoms with Gasteiger partial charge >= 0.3 is 0 Å². The average Bonchev–Trinajstić information content (AvgIpc) is 2.55. The van der Waals surface area contributed by atoms with E-state index in [9.17, 15) is 0 Å². The summed E-state index contributed by atoms with van der Waals surface area (Å²) in [6.07, 6.45) is 13.3. The molecule has 0 amide bonds. The Labute approximate surface area is 138 Å². The molecule has 0 bridgehead atoms. The lowest BCUT2D eigenvalue weighted by Crippen LogP contribution is -2.57. The van der Waals surface area contributed by atoms with Crippen LogP contribution in [-0.2, 0) is 4.74 Å². The SMILES string of the molecule is BrC1CNC(C2CCC(OCC3CCCCC3)CC2)NC1. The van der Waals surface area contributed by atoms with E-state index in [4.69, 9.17) is 4.74 Å². The van der Waals surface area contributed by atoms with Gasteiger partial charge in [0.25, 0.3) is 0 Å². The van der Waals surface area contributed by atoms with Gasteiger partial charge in [-0.1, -0.05) is 35.2 Å². The summed E-state index contributed by atoms with van der Waals surface area (Å²) < 4.78 is 6.23. The molecule has 0 unspecified atom stereocenters. The molecule has 0 aromatic carbocycles. The predicted octanol–water partition coefficient (Wildman–Crippen LogP) is 3.42. The molecular formula is C17H31BrN2O. The Morgan fingerprint density at radius 1 is 0.857 bits per heavy atom. The van der Waals surface area contributed by atoms with Crippen molar-refractivity contribution in [2.45, 2.75) is 74.9 Å². The van der Waals surface area contributed by atoms with E-state index >= 15 is 0 Å². The molecule has 0 radical (unpaired) electrons. The molecule has 1 saturated heterocycles. The summed E-state index contributed by atoms with van der Waals surface area (Å²) in [6.45, 7) is 3.21. The molecule has 1 heterocycles. The number of hydrogen-bond acceptors (Lipinski definition) is 3. The Morgan fingerprint density at radius 3 is 2.19 bits per heavy atom. The second-order valence-corrected chi connectivity index (χ2v) is 8.56. The Morgan fingerprint density at radius 2 is 1.52 bits per heavy atom. The summed E-state index contributed by atoms with van der Waals surface area (Å²) in [6, 6.07) is 0. The number of ether oxygens (including phenoxy) is 1. The largest absolute Gasteiger partial charge is 0.378 e. The zero-order valence-electron chi connectivity index (χ0n) is 13.2. The monoisotopic (exact) mass is 358 g/mol. The first kappa shape index (κ1) is 16.2. The van der Waals surface area contributed by atoms with Gasteiger partial charge in [-0.15, -0.1) is 0 Å². The van der Waals surface area contributed by atoms with Crippen LogP contribution in [0.4, 0.5) is 0 Å². The molecule has 1 aliphatic heterocycles. The molecule has 3 fully saturated rings. The van der Waals surface area contributed by atoms with Crippen molar-refractivity contribution in [3.63, 3.8) is 0 Å². The number of rotatable bonds is 4. The van der Waals surface area contributed by atoms with E-state index in [2.05, 4.69) is 26.6 Å². The van der Waals surface area contributed by atoms with Gasteiger partial charge in [-0.2, -0.15) is 0 Å².